The van der Waals surface area contributed by atoms with Crippen LogP contribution in [0, 0.1) is 5.92 Å². The van der Waals surface area contributed by atoms with Crippen molar-refractivity contribution in [2.45, 2.75) is 63.7 Å². The molecule has 0 bridgehead atoms. The minimum atomic E-state index is -0.000558. The molecular weight excluding hydrogens is 554 g/mol. The maximum Gasteiger partial charge on any atom is 0.260 e. The molecule has 2 fully saturated rings. The summed E-state index contributed by atoms with van der Waals surface area (Å²) in [6, 6.07) is 12.8. The first-order chi connectivity index (χ1) is 21.5. The van der Waals surface area contributed by atoms with E-state index in [2.05, 4.69) is 52.0 Å². The van der Waals surface area contributed by atoms with Gasteiger partial charge < -0.3 is 34.8 Å². The zero-order chi connectivity index (χ0) is 30.0. The molecule has 2 atom stereocenters. The van der Waals surface area contributed by atoms with Crippen LogP contribution in [0.25, 0.3) is 0 Å². The van der Waals surface area contributed by atoms with Crippen molar-refractivity contribution in [1.29, 1.82) is 0 Å². The molecule has 2 unspecified atom stereocenters. The Kier molecular flexibility index (Phi) is 8.21. The van der Waals surface area contributed by atoms with Crippen LogP contribution in [0.2, 0.25) is 0 Å². The summed E-state index contributed by atoms with van der Waals surface area (Å²) in [5.74, 6) is 1.04. The van der Waals surface area contributed by atoms with Gasteiger partial charge in [0.1, 0.15) is 11.9 Å². The first kappa shape index (κ1) is 28.8. The lowest BCUT2D eigenvalue weighted by Crippen LogP contribution is -2.42. The molecule has 1 aliphatic carbocycles. The summed E-state index contributed by atoms with van der Waals surface area (Å²) in [5, 5.41) is 7.29. The SMILES string of the molecule is CN(C(=O)COC1=CCCC(C2Nc3ccc(N4Cc5cc(N6CCCCC6)ccc5C4=O)cc3N2)C=C1)C1CCOCC1. The zero-order valence-corrected chi connectivity index (χ0v) is 25.6. The molecule has 2 aromatic rings. The zero-order valence-electron chi connectivity index (χ0n) is 25.6. The van der Waals surface area contributed by atoms with E-state index in [1.165, 1.54) is 24.9 Å². The first-order valence-electron chi connectivity index (χ1n) is 16.2. The Morgan fingerprint density at radius 1 is 1.00 bits per heavy atom. The quantitative estimate of drug-likeness (QED) is 0.436. The molecule has 9 heteroatoms. The van der Waals surface area contributed by atoms with Crippen LogP contribution in [-0.4, -0.2) is 68.9 Å². The summed E-state index contributed by atoms with van der Waals surface area (Å²) in [5.41, 5.74) is 6.10. The highest BCUT2D eigenvalue weighted by Gasteiger charge is 2.32. The van der Waals surface area contributed by atoms with Crippen LogP contribution in [-0.2, 0) is 20.8 Å². The molecule has 2 N–H and O–H groups in total. The van der Waals surface area contributed by atoms with Crippen molar-refractivity contribution >= 4 is 34.6 Å². The van der Waals surface area contributed by atoms with Crippen LogP contribution in [0.4, 0.5) is 22.7 Å². The number of fused-ring (bicyclic) bond motifs is 2. The van der Waals surface area contributed by atoms with Crippen molar-refractivity contribution in [3.63, 3.8) is 0 Å². The van der Waals surface area contributed by atoms with E-state index in [0.717, 1.165) is 72.7 Å². The van der Waals surface area contributed by atoms with Gasteiger partial charge >= 0.3 is 0 Å². The molecule has 0 spiro atoms. The van der Waals surface area contributed by atoms with E-state index in [1.807, 2.05) is 35.1 Å². The highest BCUT2D eigenvalue weighted by atomic mass is 16.5. The number of nitrogens with zero attached hydrogens (tertiary/aromatic N) is 3. The highest BCUT2D eigenvalue weighted by molar-refractivity contribution is 6.10. The molecule has 2 saturated heterocycles. The number of piperidine rings is 1. The minimum Gasteiger partial charge on any atom is -0.484 e. The largest absolute Gasteiger partial charge is 0.484 e. The Bertz CT molecular complexity index is 1460. The Morgan fingerprint density at radius 3 is 2.64 bits per heavy atom. The highest BCUT2D eigenvalue weighted by Crippen LogP contribution is 2.39. The molecule has 5 aliphatic rings. The summed E-state index contributed by atoms with van der Waals surface area (Å²) in [4.78, 5) is 32.3. The predicted molar refractivity (Wildman–Crippen MR) is 173 cm³/mol. The number of carbonyl (C=O) groups is 2. The predicted octanol–water partition coefficient (Wildman–Crippen LogP) is 5.50. The topological polar surface area (TPSA) is 86.4 Å². The Balaban J connectivity index is 0.953. The number of hydrogen-bond donors (Lipinski definition) is 2. The molecule has 9 nitrogen and oxygen atoms in total. The van der Waals surface area contributed by atoms with Crippen molar-refractivity contribution < 1.29 is 19.1 Å². The number of likely N-dealkylation sites (N-methyl/N-ethyl adjacent to an activating group) is 1. The monoisotopic (exact) mass is 597 g/mol. The lowest BCUT2D eigenvalue weighted by molar-refractivity contribution is -0.137. The Hall–Kier alpha value is -3.98. The van der Waals surface area contributed by atoms with Crippen molar-refractivity contribution in [1.82, 2.24) is 4.90 Å². The van der Waals surface area contributed by atoms with E-state index in [1.54, 1.807) is 0 Å². The lowest BCUT2D eigenvalue weighted by Gasteiger charge is -2.31. The standard InChI is InChI=1S/C35H43N5O4/c1-38(26-14-18-43-19-15-26)33(41)23-44-29-7-5-6-24(8-11-29)34-36-31-13-10-28(21-32(31)37-34)40-22-25-20-27(9-12-30(25)35(40)42)39-16-3-2-4-17-39/h7-13,20-21,24,26,34,36-37H,2-6,14-19,22-23H2,1H3. The molecule has 0 saturated carbocycles. The van der Waals surface area contributed by atoms with E-state index < -0.39 is 0 Å². The maximum atomic E-state index is 13.4. The van der Waals surface area contributed by atoms with Crippen LogP contribution in [0.3, 0.4) is 0 Å². The number of ether oxygens (including phenoxy) is 2. The second kappa shape index (κ2) is 12.6. The summed E-state index contributed by atoms with van der Waals surface area (Å²) < 4.78 is 11.4. The molecule has 7 rings (SSSR count). The number of anilines is 4. The van der Waals surface area contributed by atoms with E-state index in [0.29, 0.717) is 19.8 Å². The van der Waals surface area contributed by atoms with Crippen LogP contribution in [0.5, 0.6) is 0 Å². The molecule has 44 heavy (non-hydrogen) atoms. The Labute approximate surface area is 259 Å². The molecule has 0 radical (unpaired) electrons. The summed E-state index contributed by atoms with van der Waals surface area (Å²) in [6.45, 7) is 4.24. The van der Waals surface area contributed by atoms with Gasteiger partial charge in [0.05, 0.1) is 17.9 Å². The Morgan fingerprint density at radius 2 is 1.80 bits per heavy atom. The number of benzene rings is 2. The normalized spacial score (nSPS) is 23.3. The average Bonchev–Trinajstić information content (AvgIpc) is 3.55. The maximum absolute atomic E-state index is 13.4. The molecule has 0 aromatic heterocycles. The summed E-state index contributed by atoms with van der Waals surface area (Å²) in [6.07, 6.45) is 13.6. The second-order valence-corrected chi connectivity index (χ2v) is 12.6. The van der Waals surface area contributed by atoms with Gasteiger partial charge in [0.2, 0.25) is 0 Å². The van der Waals surface area contributed by atoms with E-state index in [-0.39, 0.29) is 36.5 Å². The fourth-order valence-corrected chi connectivity index (χ4v) is 7.10. The second-order valence-electron chi connectivity index (χ2n) is 12.6. The average molecular weight is 598 g/mol. The van der Waals surface area contributed by atoms with Crippen LogP contribution in [0.1, 0.15) is 60.9 Å². The number of nitrogens with one attached hydrogen (secondary N) is 2. The van der Waals surface area contributed by atoms with Gasteiger partial charge in [-0.15, -0.1) is 0 Å². The van der Waals surface area contributed by atoms with E-state index >= 15 is 0 Å². The van der Waals surface area contributed by atoms with Gasteiger partial charge in [-0.1, -0.05) is 6.08 Å². The minimum absolute atomic E-state index is 0.000558. The van der Waals surface area contributed by atoms with Crippen molar-refractivity contribution in [3.05, 3.63) is 71.5 Å². The fraction of sp³-hybridized carbons (Fsp3) is 0.486. The van der Waals surface area contributed by atoms with Gasteiger partial charge in [0.15, 0.2) is 6.61 Å². The van der Waals surface area contributed by atoms with Gasteiger partial charge in [0, 0.05) is 62.2 Å². The summed E-state index contributed by atoms with van der Waals surface area (Å²) in [7, 11) is 1.86. The van der Waals surface area contributed by atoms with Gasteiger partial charge in [-0.25, -0.2) is 0 Å². The van der Waals surface area contributed by atoms with Gasteiger partial charge in [-0.05, 0) is 99.1 Å². The van der Waals surface area contributed by atoms with Crippen LogP contribution in [0.15, 0.2) is 60.4 Å². The third kappa shape index (κ3) is 5.89. The molecule has 232 valence electrons. The van der Waals surface area contributed by atoms with Crippen LogP contribution >= 0.6 is 0 Å². The van der Waals surface area contributed by atoms with E-state index in [4.69, 9.17) is 9.47 Å². The van der Waals surface area contributed by atoms with Gasteiger partial charge in [-0.2, -0.15) is 0 Å². The van der Waals surface area contributed by atoms with Gasteiger partial charge in [-0.3, -0.25) is 9.59 Å². The molecule has 4 heterocycles. The number of amides is 2. The number of allylic oxidation sites excluding steroid dienone is 2. The van der Waals surface area contributed by atoms with Crippen LogP contribution < -0.4 is 20.4 Å². The third-order valence-electron chi connectivity index (χ3n) is 9.83. The van der Waals surface area contributed by atoms with Gasteiger partial charge in [0.25, 0.3) is 11.8 Å². The lowest BCUT2D eigenvalue weighted by atomic mass is 10.0. The fourth-order valence-electron chi connectivity index (χ4n) is 7.10. The van der Waals surface area contributed by atoms with Crippen molar-refractivity contribution in [2.24, 2.45) is 5.92 Å². The third-order valence-corrected chi connectivity index (χ3v) is 9.83. The number of hydrogen-bond acceptors (Lipinski definition) is 7. The van der Waals surface area contributed by atoms with Crippen molar-refractivity contribution in [3.8, 4) is 0 Å². The molecule has 2 aromatic carbocycles. The smallest absolute Gasteiger partial charge is 0.260 e. The van der Waals surface area contributed by atoms with Crippen molar-refractivity contribution in [2.75, 3.05) is 60.4 Å². The van der Waals surface area contributed by atoms with E-state index in [9.17, 15) is 9.59 Å². The molecule has 2 amide bonds. The first-order valence-corrected chi connectivity index (χ1v) is 16.2. The summed E-state index contributed by atoms with van der Waals surface area (Å²) >= 11 is 0. The molecule has 4 aliphatic heterocycles. The number of carbonyl (C=O) groups excluding carboxylic acids is 2. The molecular formula is C35H43N5O4. The number of rotatable bonds is 7.